The van der Waals surface area contributed by atoms with Crippen molar-refractivity contribution in [1.82, 2.24) is 9.55 Å². The van der Waals surface area contributed by atoms with E-state index in [4.69, 9.17) is 11.6 Å². The van der Waals surface area contributed by atoms with Gasteiger partial charge in [0.15, 0.2) is 0 Å². The average Bonchev–Trinajstić information content (AvgIpc) is 2.82. The molecule has 0 radical (unpaired) electrons. The van der Waals surface area contributed by atoms with Gasteiger partial charge in [0.2, 0.25) is 0 Å². The van der Waals surface area contributed by atoms with E-state index in [1.807, 2.05) is 53.1 Å². The first-order valence-corrected chi connectivity index (χ1v) is 6.53. The lowest BCUT2D eigenvalue weighted by atomic mass is 10.2. The third kappa shape index (κ3) is 2.54. The van der Waals surface area contributed by atoms with Gasteiger partial charge in [0.25, 0.3) is 0 Å². The molecule has 0 unspecified atom stereocenters. The molecule has 3 heteroatoms. The number of hydrogen-bond donors (Lipinski definition) is 0. The third-order valence-electron chi connectivity index (χ3n) is 3.02. The molecule has 2 aromatic carbocycles. The van der Waals surface area contributed by atoms with Gasteiger partial charge in [0.1, 0.15) is 11.0 Å². The monoisotopic (exact) mass is 268 g/mol. The minimum atomic E-state index is 0.655. The molecule has 1 heterocycles. The summed E-state index contributed by atoms with van der Waals surface area (Å²) in [6.45, 7) is 0.726. The molecule has 0 bridgehead atoms. The summed E-state index contributed by atoms with van der Waals surface area (Å²) in [5.74, 6) is 0.898. The molecule has 0 fully saturated rings. The quantitative estimate of drug-likeness (QED) is 0.694. The van der Waals surface area contributed by atoms with Crippen LogP contribution in [0.3, 0.4) is 0 Å². The molecule has 2 nitrogen and oxygen atoms in total. The second kappa shape index (κ2) is 5.29. The molecule has 1 aromatic heterocycles. The minimum absolute atomic E-state index is 0.655. The standard InChI is InChI=1S/C16H13ClN2/c17-15-11-18-16(14-9-5-2-6-10-14)19(15)12-13-7-3-1-4-8-13/h1-11H,12H2. The molecule has 0 saturated carbocycles. The molecule has 0 saturated heterocycles. The fourth-order valence-corrected chi connectivity index (χ4v) is 2.28. The summed E-state index contributed by atoms with van der Waals surface area (Å²) in [4.78, 5) is 4.41. The van der Waals surface area contributed by atoms with Crippen LogP contribution in [-0.4, -0.2) is 9.55 Å². The molecule has 19 heavy (non-hydrogen) atoms. The van der Waals surface area contributed by atoms with E-state index in [1.165, 1.54) is 5.56 Å². The summed E-state index contributed by atoms with van der Waals surface area (Å²) < 4.78 is 2.02. The summed E-state index contributed by atoms with van der Waals surface area (Å²) in [5.41, 5.74) is 2.28. The summed E-state index contributed by atoms with van der Waals surface area (Å²) in [6, 6.07) is 20.3. The van der Waals surface area contributed by atoms with Crippen LogP contribution in [-0.2, 0) is 6.54 Å². The van der Waals surface area contributed by atoms with Gasteiger partial charge < -0.3 is 4.57 Å². The number of nitrogens with zero attached hydrogens (tertiary/aromatic N) is 2. The second-order valence-corrected chi connectivity index (χ2v) is 4.73. The van der Waals surface area contributed by atoms with Crippen molar-refractivity contribution in [3.8, 4) is 11.4 Å². The van der Waals surface area contributed by atoms with Crippen LogP contribution in [0.2, 0.25) is 5.15 Å². The van der Waals surface area contributed by atoms with E-state index in [1.54, 1.807) is 6.20 Å². The van der Waals surface area contributed by atoms with E-state index < -0.39 is 0 Å². The fraction of sp³-hybridized carbons (Fsp3) is 0.0625. The lowest BCUT2D eigenvalue weighted by Gasteiger charge is -2.09. The Morgan fingerprint density at radius 2 is 1.53 bits per heavy atom. The molecule has 0 N–H and O–H groups in total. The Kier molecular flexibility index (Phi) is 3.34. The highest BCUT2D eigenvalue weighted by atomic mass is 35.5. The molecule has 0 aliphatic carbocycles. The highest BCUT2D eigenvalue weighted by Gasteiger charge is 2.10. The third-order valence-corrected chi connectivity index (χ3v) is 3.32. The first kappa shape index (κ1) is 12.0. The van der Waals surface area contributed by atoms with Crippen LogP contribution < -0.4 is 0 Å². The van der Waals surface area contributed by atoms with Gasteiger partial charge in [-0.15, -0.1) is 0 Å². The number of imidazole rings is 1. The van der Waals surface area contributed by atoms with E-state index in [2.05, 4.69) is 17.1 Å². The largest absolute Gasteiger partial charge is 0.311 e. The summed E-state index contributed by atoms with van der Waals surface area (Å²) in [5, 5.41) is 0.655. The smallest absolute Gasteiger partial charge is 0.141 e. The Morgan fingerprint density at radius 1 is 0.895 bits per heavy atom. The number of rotatable bonds is 3. The molecule has 0 atom stereocenters. The maximum Gasteiger partial charge on any atom is 0.141 e. The van der Waals surface area contributed by atoms with Crippen molar-refractivity contribution in [3.63, 3.8) is 0 Å². The van der Waals surface area contributed by atoms with E-state index in [9.17, 15) is 0 Å². The van der Waals surface area contributed by atoms with E-state index in [0.29, 0.717) is 5.15 Å². The Balaban J connectivity index is 2.00. The molecular formula is C16H13ClN2. The van der Waals surface area contributed by atoms with Crippen LogP contribution in [0.1, 0.15) is 5.56 Å². The van der Waals surface area contributed by atoms with Crippen LogP contribution in [0.5, 0.6) is 0 Å². The van der Waals surface area contributed by atoms with Gasteiger partial charge in [-0.1, -0.05) is 72.3 Å². The molecule has 94 valence electrons. The number of halogens is 1. The average molecular weight is 269 g/mol. The zero-order valence-corrected chi connectivity index (χ0v) is 11.1. The lowest BCUT2D eigenvalue weighted by Crippen LogP contribution is -2.02. The van der Waals surface area contributed by atoms with Crippen LogP contribution in [0.25, 0.3) is 11.4 Å². The Bertz CT molecular complexity index is 660. The molecule has 0 amide bonds. The van der Waals surface area contributed by atoms with Crippen LogP contribution in [0.15, 0.2) is 66.9 Å². The second-order valence-electron chi connectivity index (χ2n) is 4.34. The van der Waals surface area contributed by atoms with Crippen molar-refractivity contribution in [2.45, 2.75) is 6.54 Å². The zero-order chi connectivity index (χ0) is 13.1. The topological polar surface area (TPSA) is 17.8 Å². The van der Waals surface area contributed by atoms with Crippen molar-refractivity contribution < 1.29 is 0 Å². The van der Waals surface area contributed by atoms with E-state index in [0.717, 1.165) is 17.9 Å². The highest BCUT2D eigenvalue weighted by Crippen LogP contribution is 2.23. The van der Waals surface area contributed by atoms with Gasteiger partial charge in [0.05, 0.1) is 12.7 Å². The summed E-state index contributed by atoms with van der Waals surface area (Å²) >= 11 is 6.25. The van der Waals surface area contributed by atoms with Gasteiger partial charge in [-0.05, 0) is 5.56 Å². The molecule has 3 rings (SSSR count). The van der Waals surface area contributed by atoms with Gasteiger partial charge in [-0.3, -0.25) is 0 Å². The van der Waals surface area contributed by atoms with Crippen LogP contribution in [0, 0.1) is 0 Å². The normalized spacial score (nSPS) is 10.6. The minimum Gasteiger partial charge on any atom is -0.311 e. The van der Waals surface area contributed by atoms with Gasteiger partial charge >= 0.3 is 0 Å². The molecule has 0 spiro atoms. The van der Waals surface area contributed by atoms with Crippen molar-refractivity contribution >= 4 is 11.6 Å². The van der Waals surface area contributed by atoms with Crippen LogP contribution >= 0.6 is 11.6 Å². The molecule has 3 aromatic rings. The number of aromatic nitrogens is 2. The Morgan fingerprint density at radius 3 is 2.21 bits per heavy atom. The summed E-state index contributed by atoms with van der Waals surface area (Å²) in [7, 11) is 0. The molecule has 0 aliphatic rings. The van der Waals surface area contributed by atoms with Gasteiger partial charge in [-0.2, -0.15) is 0 Å². The highest BCUT2D eigenvalue weighted by molar-refractivity contribution is 6.29. The van der Waals surface area contributed by atoms with Crippen molar-refractivity contribution in [2.75, 3.05) is 0 Å². The molecular weight excluding hydrogens is 256 g/mol. The fourth-order valence-electron chi connectivity index (χ4n) is 2.09. The van der Waals surface area contributed by atoms with E-state index >= 15 is 0 Å². The predicted molar refractivity (Wildman–Crippen MR) is 78.2 cm³/mol. The van der Waals surface area contributed by atoms with Crippen LogP contribution in [0.4, 0.5) is 0 Å². The van der Waals surface area contributed by atoms with E-state index in [-0.39, 0.29) is 0 Å². The van der Waals surface area contributed by atoms with Crippen molar-refractivity contribution in [3.05, 3.63) is 77.6 Å². The van der Waals surface area contributed by atoms with Crippen molar-refractivity contribution in [2.24, 2.45) is 0 Å². The molecule has 0 aliphatic heterocycles. The first-order valence-electron chi connectivity index (χ1n) is 6.15. The SMILES string of the molecule is Clc1cnc(-c2ccccc2)n1Cc1ccccc1. The maximum absolute atomic E-state index is 6.25. The predicted octanol–water partition coefficient (Wildman–Crippen LogP) is 4.25. The summed E-state index contributed by atoms with van der Waals surface area (Å²) in [6.07, 6.45) is 1.70. The number of benzene rings is 2. The zero-order valence-electron chi connectivity index (χ0n) is 10.3. The Hall–Kier alpha value is -2.06. The lowest BCUT2D eigenvalue weighted by molar-refractivity contribution is 0.808. The van der Waals surface area contributed by atoms with Gasteiger partial charge in [-0.25, -0.2) is 4.98 Å². The Labute approximate surface area is 117 Å². The first-order chi connectivity index (χ1) is 9.34. The van der Waals surface area contributed by atoms with Crippen molar-refractivity contribution in [1.29, 1.82) is 0 Å². The number of hydrogen-bond acceptors (Lipinski definition) is 1. The van der Waals surface area contributed by atoms with Gasteiger partial charge in [0, 0.05) is 5.56 Å². The maximum atomic E-state index is 6.25.